The van der Waals surface area contributed by atoms with Crippen molar-refractivity contribution >= 4 is 29.6 Å². The molecule has 6 saturated heterocycles. The summed E-state index contributed by atoms with van der Waals surface area (Å²) in [5, 5.41) is 223. The van der Waals surface area contributed by atoms with Gasteiger partial charge >= 0.3 is 5.97 Å². The van der Waals surface area contributed by atoms with Crippen LogP contribution >= 0.6 is 0 Å². The maximum Gasteiger partial charge on any atom is 0.364 e. The lowest BCUT2D eigenvalue weighted by Gasteiger charge is -2.52. The number of allylic oxidation sites excluding steroid dienone is 1. The molecule has 23 N–H and O–H groups in total. The Morgan fingerprint density at radius 1 is 0.430 bits per heavy atom. The third-order valence-corrected chi connectivity index (χ3v) is 23.1. The molecule has 0 aromatic carbocycles. The second kappa shape index (κ2) is 54.9. The van der Waals surface area contributed by atoms with E-state index in [1.165, 1.54) is 109 Å². The maximum atomic E-state index is 13.6. The van der Waals surface area contributed by atoms with E-state index >= 15 is 0 Å². The first-order chi connectivity index (χ1) is 57.9. The fourth-order valence-corrected chi connectivity index (χ4v) is 16.2. The van der Waals surface area contributed by atoms with E-state index in [0.29, 0.717) is 12.8 Å². The predicted octanol–water partition coefficient (Wildman–Crippen LogP) is -3.07. The van der Waals surface area contributed by atoms with Gasteiger partial charge in [0.25, 0.3) is 5.79 Å². The normalized spacial score (nSPS) is 35.8. The van der Waals surface area contributed by atoms with E-state index in [2.05, 4.69) is 35.1 Å². The summed E-state index contributed by atoms with van der Waals surface area (Å²) >= 11 is 0. The number of hydrogen-bond acceptors (Lipinski definition) is 35. The molecule has 6 fully saturated rings. The number of aliphatic hydroxyl groups excluding tert-OH is 18. The minimum absolute atomic E-state index is 0.160. The highest BCUT2D eigenvalue weighted by Gasteiger charge is 2.62. The second-order valence-electron chi connectivity index (χ2n) is 32.8. The van der Waals surface area contributed by atoms with E-state index in [0.717, 1.165) is 72.1 Å². The van der Waals surface area contributed by atoms with Gasteiger partial charge in [0.2, 0.25) is 23.6 Å². The van der Waals surface area contributed by atoms with Crippen molar-refractivity contribution in [2.75, 3.05) is 46.2 Å². The summed E-state index contributed by atoms with van der Waals surface area (Å²) in [5.41, 5.74) is 0. The van der Waals surface area contributed by atoms with Crippen LogP contribution in [0, 0.1) is 0 Å². The number of carbonyl (C=O) groups is 5. The molecular formula is C81H144N4O36. The van der Waals surface area contributed by atoms with Gasteiger partial charge in [-0.25, -0.2) is 4.79 Å². The van der Waals surface area contributed by atoms with Crippen LogP contribution in [0.4, 0.5) is 0 Å². The highest BCUT2D eigenvalue weighted by atomic mass is 16.8. The number of nitrogens with one attached hydrogen (secondary N) is 4. The third-order valence-electron chi connectivity index (χ3n) is 23.1. The highest BCUT2D eigenvalue weighted by molar-refractivity contribution is 5.77. The second-order valence-corrected chi connectivity index (χ2v) is 32.8. The molecule has 0 spiro atoms. The molecule has 4 amide bonds. The van der Waals surface area contributed by atoms with Crippen molar-refractivity contribution in [3.63, 3.8) is 0 Å². The smallest absolute Gasteiger partial charge is 0.364 e. The fraction of sp³-hybridized carbons (Fsp3) is 0.914. The molecular weight excluding hydrogens is 1600 g/mol. The number of unbranched alkanes of at least 4 members (excludes halogenated alkanes) is 25. The Balaban J connectivity index is 1.14. The Kier molecular flexibility index (Phi) is 48.0. The lowest BCUT2D eigenvalue weighted by molar-refractivity contribution is -0.388. The van der Waals surface area contributed by atoms with E-state index in [9.17, 15) is 121 Å². The standard InChI is InChI=1S/C81H144N4O36/c1-6-8-10-12-14-16-18-20-21-23-25-27-29-31-33-35-56(98)85-47(48(95)34-32-30-28-26-24-22-19-17-15-13-11-9-7-2)43-110-77-66(105)65(104)70(55(42-91)115-77)117-79-67(106)73(62(101)52(39-88)113-79)118-75-58(83-45(4)93)64(103)69(54(41-90)114-75)116-78-68(107)74(63(102)53(40-89)112-78)119-76-59(84-46(5)94)72(61(100)51(38-87)111-76)121-81(80(108)109)36-49(96)57(82-44(3)92)71(120-81)60(99)50(97)37-86/h32,34,47-55,57-79,86-91,95-97,99-107H,6-31,33,35-43H2,1-5H3,(H,82,92)(H,83,93)(H,84,94)(H,85,98)(H,108,109)/b34-32+/t47-,48+,49?,50+,51?,52?,53?,54?,55?,57+,58?,59?,60+,61-,62-,63-,64+,65+,66?,67?,68?,69+,70+,71?,72+,73-,74-,75-,76-,77+,78-,79-,81-/m0/s1. The fourth-order valence-electron chi connectivity index (χ4n) is 16.2. The van der Waals surface area contributed by atoms with Crippen LogP contribution in [0.5, 0.6) is 0 Å². The largest absolute Gasteiger partial charge is 0.477 e. The van der Waals surface area contributed by atoms with Crippen LogP contribution in [0.1, 0.15) is 221 Å². The number of aliphatic carboxylic acids is 1. The Hall–Kier alpha value is -4.11. The van der Waals surface area contributed by atoms with Crippen LogP contribution in [0.25, 0.3) is 0 Å². The summed E-state index contributed by atoms with van der Waals surface area (Å²) < 4.78 is 71.4. The number of carbonyl (C=O) groups excluding carboxylic acids is 4. The number of carboxylic acids is 1. The zero-order chi connectivity index (χ0) is 89.0. The van der Waals surface area contributed by atoms with Crippen molar-refractivity contribution in [3.05, 3.63) is 12.2 Å². The minimum atomic E-state index is -3.24. The van der Waals surface area contributed by atoms with Crippen molar-refractivity contribution in [1.82, 2.24) is 21.3 Å². The number of ether oxygens (including phenoxy) is 12. The average molecular weight is 1750 g/mol. The quantitative estimate of drug-likeness (QED) is 0.0212. The molecule has 6 aliphatic heterocycles. The van der Waals surface area contributed by atoms with Crippen LogP contribution in [-0.2, 0) is 80.8 Å². The zero-order valence-corrected chi connectivity index (χ0v) is 70.5. The van der Waals surface area contributed by atoms with Crippen LogP contribution in [0.15, 0.2) is 12.2 Å². The van der Waals surface area contributed by atoms with E-state index < -0.39 is 278 Å². The summed E-state index contributed by atoms with van der Waals surface area (Å²) in [4.78, 5) is 65.3. The van der Waals surface area contributed by atoms with Gasteiger partial charge < -0.3 is 175 Å². The van der Waals surface area contributed by atoms with E-state index in [1.54, 1.807) is 6.08 Å². The van der Waals surface area contributed by atoms with Crippen molar-refractivity contribution in [1.29, 1.82) is 0 Å². The van der Waals surface area contributed by atoms with Crippen LogP contribution in [0.2, 0.25) is 0 Å². The average Bonchev–Trinajstić information content (AvgIpc) is 0.756. The summed E-state index contributed by atoms with van der Waals surface area (Å²) in [6.07, 6.45) is -23.9. The first-order valence-corrected chi connectivity index (χ1v) is 43.6. The van der Waals surface area contributed by atoms with Crippen LogP contribution in [0.3, 0.4) is 0 Å². The Morgan fingerprint density at radius 2 is 0.810 bits per heavy atom. The van der Waals surface area contributed by atoms with Crippen molar-refractivity contribution in [3.8, 4) is 0 Å². The molecule has 0 aromatic rings. The van der Waals surface area contributed by atoms with Crippen molar-refractivity contribution < 1.29 is 178 Å². The topological polar surface area (TPSA) is 629 Å². The number of carboxylic acid groups (broad SMARTS) is 1. The van der Waals surface area contributed by atoms with Gasteiger partial charge in [0.15, 0.2) is 31.5 Å². The lowest BCUT2D eigenvalue weighted by atomic mass is 9.88. The van der Waals surface area contributed by atoms with E-state index in [-0.39, 0.29) is 12.3 Å². The summed E-state index contributed by atoms with van der Waals surface area (Å²) in [5.74, 6) is -8.43. The molecule has 33 atom stereocenters. The van der Waals surface area contributed by atoms with Gasteiger partial charge in [0.1, 0.15) is 140 Å². The van der Waals surface area contributed by atoms with Crippen LogP contribution in [-0.4, -0.2) is 375 Å². The molecule has 0 bridgehead atoms. The Bertz CT molecular complexity index is 2960. The third kappa shape index (κ3) is 31.7. The van der Waals surface area contributed by atoms with Gasteiger partial charge in [-0.1, -0.05) is 180 Å². The van der Waals surface area contributed by atoms with Gasteiger partial charge in [-0.3, -0.25) is 19.2 Å². The van der Waals surface area contributed by atoms with Gasteiger partial charge in [-0.05, 0) is 19.3 Å². The lowest BCUT2D eigenvalue weighted by Crippen LogP contribution is -2.72. The first kappa shape index (κ1) is 106. The molecule has 0 aromatic heterocycles. The van der Waals surface area contributed by atoms with E-state index in [1.807, 2.05) is 6.08 Å². The molecule has 6 aliphatic rings. The molecule has 0 saturated carbocycles. The van der Waals surface area contributed by atoms with Gasteiger partial charge in [-0.15, -0.1) is 0 Å². The van der Waals surface area contributed by atoms with Crippen molar-refractivity contribution in [2.45, 2.75) is 423 Å². The molecule has 704 valence electrons. The molecule has 121 heavy (non-hydrogen) atoms. The monoisotopic (exact) mass is 1750 g/mol. The van der Waals surface area contributed by atoms with E-state index in [4.69, 9.17) is 56.8 Å². The molecule has 6 heterocycles. The molecule has 6 rings (SSSR count). The molecule has 12 unspecified atom stereocenters. The number of amides is 4. The summed E-state index contributed by atoms with van der Waals surface area (Å²) in [6, 6.07) is -6.73. The maximum absolute atomic E-state index is 13.6. The SMILES string of the molecule is CCCCCCCCCCCCC/C=C/[C@@H](O)[C@H](CO[C@@H]1OC(CO)[C@@H](O[C@@H]2OC(CO)[C@H](O)[C@H](O[C@@H]3OC(CO)[C@@H](O[C@@H]4OC(CO)[C@H](O)[C@H](O[C@@H]5OC(CO)[C@H](O)[C@H](O[C@]6(C(=O)O)CC(O)[C@@H](NC(C)=O)C([C@H](O)[C@H](O)CO)O6)C5NC(C)=O)C4O)[C@H](O)C3NC(C)=O)C2O)[C@H](O)C1O)NC(=O)CCCCCCCCCCCCCCCCC. The van der Waals surface area contributed by atoms with Gasteiger partial charge in [0.05, 0.1) is 70.5 Å². The minimum Gasteiger partial charge on any atom is -0.477 e. The molecule has 0 aliphatic carbocycles. The Morgan fingerprint density at radius 3 is 1.25 bits per heavy atom. The molecule has 40 nitrogen and oxygen atoms in total. The number of rotatable bonds is 56. The summed E-state index contributed by atoms with van der Waals surface area (Å²) in [6.45, 7) is 0.245. The first-order valence-electron chi connectivity index (χ1n) is 43.6. The van der Waals surface area contributed by atoms with Crippen molar-refractivity contribution in [2.24, 2.45) is 0 Å². The van der Waals surface area contributed by atoms with Gasteiger partial charge in [-0.2, -0.15) is 0 Å². The van der Waals surface area contributed by atoms with Gasteiger partial charge in [0, 0.05) is 33.6 Å². The molecule has 0 radical (unpaired) electrons. The summed E-state index contributed by atoms with van der Waals surface area (Å²) in [7, 11) is 0. The van der Waals surface area contributed by atoms with Crippen LogP contribution < -0.4 is 21.3 Å². The zero-order valence-electron chi connectivity index (χ0n) is 70.5. The predicted molar refractivity (Wildman–Crippen MR) is 423 cm³/mol. The number of aliphatic hydroxyl groups is 18. The Labute approximate surface area is 707 Å². The highest BCUT2D eigenvalue weighted by Crippen LogP contribution is 2.41. The number of hydrogen-bond donors (Lipinski definition) is 23. The molecule has 40 heteroatoms.